The molecule has 2 atom stereocenters. The second-order valence-corrected chi connectivity index (χ2v) is 17.0. The molecule has 8 nitrogen and oxygen atoms in total. The number of carboxylic acids is 1. The van der Waals surface area contributed by atoms with Gasteiger partial charge in [-0.2, -0.15) is 0 Å². The van der Waals surface area contributed by atoms with E-state index in [-0.39, 0.29) is 36.2 Å². The van der Waals surface area contributed by atoms with Gasteiger partial charge in [-0.1, -0.05) is 179 Å². The average Bonchev–Trinajstić information content (AvgIpc) is 3.17. The van der Waals surface area contributed by atoms with Crippen LogP contribution in [0.25, 0.3) is 0 Å². The number of hydrogen-bond acceptors (Lipinski definition) is 6. The van der Waals surface area contributed by atoms with Gasteiger partial charge in [0, 0.05) is 19.3 Å². The largest absolute Gasteiger partial charge is 0.477 e. The van der Waals surface area contributed by atoms with Crippen LogP contribution in [0.2, 0.25) is 0 Å². The molecule has 0 heterocycles. The number of unbranched alkanes of at least 4 members (excludes halogenated alkanes) is 22. The van der Waals surface area contributed by atoms with Crippen molar-refractivity contribution in [1.29, 1.82) is 0 Å². The number of carboxylic acid groups (broad SMARTS) is 1. The minimum absolute atomic E-state index is 0.0508. The van der Waals surface area contributed by atoms with Crippen LogP contribution in [-0.4, -0.2) is 80.6 Å². The highest BCUT2D eigenvalue weighted by Gasteiger charge is 2.31. The highest BCUT2D eigenvalue weighted by molar-refractivity contribution is 5.72. The molecule has 0 spiro atoms. The lowest BCUT2D eigenvalue weighted by molar-refractivity contribution is -0.887. The number of hydrogen-bond donors (Lipinski definition) is 1. The first-order chi connectivity index (χ1) is 27.6. The second kappa shape index (κ2) is 40.3. The van der Waals surface area contributed by atoms with E-state index in [9.17, 15) is 19.5 Å². The molecule has 0 aromatic carbocycles. The van der Waals surface area contributed by atoms with Crippen LogP contribution >= 0.6 is 0 Å². The molecule has 2 unspecified atom stereocenters. The minimum atomic E-state index is -0.874. The number of carbonyl (C=O) groups is 3. The minimum Gasteiger partial charge on any atom is -0.477 e. The van der Waals surface area contributed by atoms with Crippen LogP contribution in [0.1, 0.15) is 206 Å². The Balaban J connectivity index is 4.27. The summed E-state index contributed by atoms with van der Waals surface area (Å²) in [7, 11) is 5.53. The van der Waals surface area contributed by atoms with E-state index in [1.807, 2.05) is 21.1 Å². The fourth-order valence-corrected chi connectivity index (χ4v) is 6.93. The zero-order valence-electron chi connectivity index (χ0n) is 37.8. The molecule has 0 aromatic rings. The third kappa shape index (κ3) is 38.8. The van der Waals surface area contributed by atoms with Gasteiger partial charge >= 0.3 is 17.9 Å². The molecule has 0 amide bonds. The lowest BCUT2D eigenvalue weighted by atomic mass is 10.0. The Morgan fingerprint density at radius 2 is 0.982 bits per heavy atom. The van der Waals surface area contributed by atoms with Crippen LogP contribution in [0.15, 0.2) is 36.5 Å². The molecule has 0 bridgehead atoms. The molecule has 1 N–H and O–H groups in total. The Bertz CT molecular complexity index is 1030. The number of quaternary nitrogens is 1. The number of esters is 2. The van der Waals surface area contributed by atoms with E-state index >= 15 is 0 Å². The first-order valence-electron chi connectivity index (χ1n) is 23.5. The van der Waals surface area contributed by atoms with E-state index in [0.717, 1.165) is 57.8 Å². The van der Waals surface area contributed by atoms with Gasteiger partial charge in [-0.15, -0.1) is 0 Å². The van der Waals surface area contributed by atoms with Crippen molar-refractivity contribution in [3.05, 3.63) is 36.5 Å². The van der Waals surface area contributed by atoms with Gasteiger partial charge in [-0.3, -0.25) is 9.59 Å². The Morgan fingerprint density at radius 1 is 0.544 bits per heavy atom. The zero-order valence-corrected chi connectivity index (χ0v) is 37.8. The number of ether oxygens (including phenoxy) is 3. The molecule has 0 radical (unpaired) electrons. The summed E-state index contributed by atoms with van der Waals surface area (Å²) < 4.78 is 17.3. The molecule has 57 heavy (non-hydrogen) atoms. The van der Waals surface area contributed by atoms with Gasteiger partial charge < -0.3 is 23.8 Å². The molecule has 0 aliphatic heterocycles. The molecule has 0 saturated carbocycles. The fraction of sp³-hybridized carbons (Fsp3) is 0.816. The van der Waals surface area contributed by atoms with Crippen LogP contribution in [-0.2, 0) is 28.6 Å². The number of carbonyl (C=O) groups excluding carboxylic acids is 2. The Hall–Kier alpha value is -2.45. The summed E-state index contributed by atoms with van der Waals surface area (Å²) in [6.07, 6.45) is 46.1. The van der Waals surface area contributed by atoms with Gasteiger partial charge in [0.15, 0.2) is 12.1 Å². The predicted molar refractivity (Wildman–Crippen MR) is 238 cm³/mol. The molecule has 0 aliphatic carbocycles. The van der Waals surface area contributed by atoms with Crippen LogP contribution in [0.4, 0.5) is 0 Å². The monoisotopic (exact) mass is 805 g/mol. The fourth-order valence-electron chi connectivity index (χ4n) is 6.93. The number of aliphatic carboxylic acids is 1. The summed E-state index contributed by atoms with van der Waals surface area (Å²) in [4.78, 5) is 37.0. The van der Waals surface area contributed by atoms with E-state index in [4.69, 9.17) is 14.2 Å². The van der Waals surface area contributed by atoms with E-state index in [0.29, 0.717) is 19.3 Å². The van der Waals surface area contributed by atoms with E-state index in [1.165, 1.54) is 116 Å². The summed E-state index contributed by atoms with van der Waals surface area (Å²) in [6, 6.07) is -0.613. The van der Waals surface area contributed by atoms with E-state index in [2.05, 4.69) is 50.3 Å². The van der Waals surface area contributed by atoms with Crippen LogP contribution in [0, 0.1) is 0 Å². The predicted octanol–water partition coefficient (Wildman–Crippen LogP) is 13.0. The SMILES string of the molecule is CC/C=C/C/C=C/C/C=C/CCCCCCCCCCCC(=O)OCC(COCCC(C(=O)O)[N+](C)(C)C)OC(=O)CCCCCCCCCCCCCCCC. The van der Waals surface area contributed by atoms with Crippen molar-refractivity contribution in [2.75, 3.05) is 41.0 Å². The Morgan fingerprint density at radius 3 is 1.46 bits per heavy atom. The van der Waals surface area contributed by atoms with Crippen molar-refractivity contribution in [2.24, 2.45) is 0 Å². The molecule has 8 heteroatoms. The number of rotatable bonds is 42. The summed E-state index contributed by atoms with van der Waals surface area (Å²) >= 11 is 0. The van der Waals surface area contributed by atoms with Crippen LogP contribution < -0.4 is 0 Å². The van der Waals surface area contributed by atoms with Crippen LogP contribution in [0.3, 0.4) is 0 Å². The molecule has 0 fully saturated rings. The standard InChI is InChI=1S/C49H89NO7/c1-6-8-10-12-14-16-18-20-22-23-24-25-26-28-29-31-33-35-37-39-47(51)56-44-45(43-55-42-41-46(49(53)54)50(3,4)5)57-48(52)40-38-36-34-32-30-27-21-19-17-15-13-11-9-7-2/h8,10,14,16,20,22,45-46H,6-7,9,11-13,15,17-19,21,23-44H2,1-5H3/p+1/b10-8+,16-14+,22-20+. The van der Waals surface area contributed by atoms with Gasteiger partial charge in [0.25, 0.3) is 0 Å². The molecule has 0 rings (SSSR count). The highest BCUT2D eigenvalue weighted by atomic mass is 16.6. The van der Waals surface area contributed by atoms with Crippen molar-refractivity contribution >= 4 is 17.9 Å². The summed E-state index contributed by atoms with van der Waals surface area (Å²) in [5.74, 6) is -1.46. The molecule has 0 aliphatic rings. The molecular formula is C49H90NO7+. The number of likely N-dealkylation sites (N-methyl/N-ethyl adjacent to an activating group) is 1. The zero-order chi connectivity index (χ0) is 42.1. The first kappa shape index (κ1) is 54.6. The van der Waals surface area contributed by atoms with Crippen molar-refractivity contribution in [2.45, 2.75) is 219 Å². The summed E-state index contributed by atoms with van der Waals surface area (Å²) in [5.41, 5.74) is 0. The molecule has 332 valence electrons. The summed E-state index contributed by atoms with van der Waals surface area (Å²) in [5, 5.41) is 9.63. The maximum atomic E-state index is 12.7. The Kier molecular flexibility index (Phi) is 38.6. The maximum Gasteiger partial charge on any atom is 0.362 e. The third-order valence-corrected chi connectivity index (χ3v) is 10.6. The van der Waals surface area contributed by atoms with Crippen molar-refractivity contribution in [3.63, 3.8) is 0 Å². The second-order valence-electron chi connectivity index (χ2n) is 17.0. The lowest BCUT2D eigenvalue weighted by Crippen LogP contribution is -2.50. The van der Waals surface area contributed by atoms with E-state index < -0.39 is 18.1 Å². The van der Waals surface area contributed by atoms with Gasteiger partial charge in [-0.05, 0) is 44.9 Å². The van der Waals surface area contributed by atoms with Gasteiger partial charge in [0.2, 0.25) is 0 Å². The maximum absolute atomic E-state index is 12.7. The third-order valence-electron chi connectivity index (χ3n) is 10.6. The van der Waals surface area contributed by atoms with Crippen molar-refractivity contribution in [3.8, 4) is 0 Å². The molecule has 0 saturated heterocycles. The van der Waals surface area contributed by atoms with Crippen molar-refractivity contribution < 1.29 is 38.2 Å². The quantitative estimate of drug-likeness (QED) is 0.0284. The molecule has 0 aromatic heterocycles. The number of nitrogens with zero attached hydrogens (tertiary/aromatic N) is 1. The smallest absolute Gasteiger partial charge is 0.362 e. The first-order valence-corrected chi connectivity index (χ1v) is 23.5. The van der Waals surface area contributed by atoms with Gasteiger partial charge in [0.05, 0.1) is 34.4 Å². The molecular weight excluding hydrogens is 715 g/mol. The highest BCUT2D eigenvalue weighted by Crippen LogP contribution is 2.15. The lowest BCUT2D eigenvalue weighted by Gasteiger charge is -2.31. The van der Waals surface area contributed by atoms with Crippen molar-refractivity contribution in [1.82, 2.24) is 0 Å². The normalized spacial score (nSPS) is 13.2. The summed E-state index contributed by atoms with van der Waals surface area (Å²) in [6.45, 7) is 4.64. The number of allylic oxidation sites excluding steroid dienone is 6. The average molecular weight is 805 g/mol. The van der Waals surface area contributed by atoms with E-state index in [1.54, 1.807) is 0 Å². The topological polar surface area (TPSA) is 99.1 Å². The van der Waals surface area contributed by atoms with Gasteiger partial charge in [0.1, 0.15) is 6.61 Å². The van der Waals surface area contributed by atoms with Gasteiger partial charge in [-0.25, -0.2) is 4.79 Å². The van der Waals surface area contributed by atoms with Crippen LogP contribution in [0.5, 0.6) is 0 Å². The Labute approximate surface area is 351 Å².